The minimum atomic E-state index is -0.0677. The number of piperidine rings is 2. The number of nitrogens with one attached hydrogen (secondary N) is 1. The van der Waals surface area contributed by atoms with Gasteiger partial charge in [-0.25, -0.2) is 0 Å². The Labute approximate surface area is 153 Å². The summed E-state index contributed by atoms with van der Waals surface area (Å²) in [6, 6.07) is 0. The van der Waals surface area contributed by atoms with Crippen molar-refractivity contribution in [3.8, 4) is 0 Å². The smallest absolute Gasteiger partial charge is 0.310 e. The van der Waals surface area contributed by atoms with Crippen LogP contribution in [0, 0.1) is 11.8 Å². The molecule has 0 amide bonds. The molecule has 2 aliphatic heterocycles. The second-order valence-corrected chi connectivity index (χ2v) is 7.41. The van der Waals surface area contributed by atoms with E-state index in [2.05, 4.69) is 27.0 Å². The summed E-state index contributed by atoms with van der Waals surface area (Å²) in [5.41, 5.74) is 0. The van der Waals surface area contributed by atoms with Crippen molar-refractivity contribution < 1.29 is 9.53 Å². The van der Waals surface area contributed by atoms with Crippen molar-refractivity contribution in [3.63, 3.8) is 0 Å². The molecule has 0 bridgehead atoms. The van der Waals surface area contributed by atoms with Crippen LogP contribution in [0.2, 0.25) is 0 Å². The van der Waals surface area contributed by atoms with Crippen molar-refractivity contribution in [3.05, 3.63) is 0 Å². The molecule has 0 aromatic heterocycles. The molecule has 2 atom stereocenters. The number of ether oxygens (including phenoxy) is 1. The van der Waals surface area contributed by atoms with Crippen LogP contribution in [0.4, 0.5) is 0 Å². The normalized spacial score (nSPS) is 25.7. The Balaban J connectivity index is 1.71. The predicted molar refractivity (Wildman–Crippen MR) is 102 cm³/mol. The number of likely N-dealkylation sites (tertiary alicyclic amines) is 2. The third kappa shape index (κ3) is 6.49. The molecule has 2 heterocycles. The summed E-state index contributed by atoms with van der Waals surface area (Å²) in [7, 11) is 1.82. The van der Waals surface area contributed by atoms with Crippen molar-refractivity contribution in [1.29, 1.82) is 0 Å². The Kier molecular flexibility index (Phi) is 8.52. The molecular weight excluding hydrogens is 316 g/mol. The maximum absolute atomic E-state index is 12.0. The van der Waals surface area contributed by atoms with E-state index in [1.54, 1.807) is 0 Å². The van der Waals surface area contributed by atoms with Gasteiger partial charge >= 0.3 is 5.97 Å². The maximum Gasteiger partial charge on any atom is 0.310 e. The van der Waals surface area contributed by atoms with Gasteiger partial charge in [0.25, 0.3) is 0 Å². The van der Waals surface area contributed by atoms with Gasteiger partial charge in [0.15, 0.2) is 5.96 Å². The predicted octanol–water partition coefficient (Wildman–Crippen LogP) is 1.96. The van der Waals surface area contributed by atoms with Gasteiger partial charge in [0.05, 0.1) is 12.5 Å². The summed E-state index contributed by atoms with van der Waals surface area (Å²) in [4.78, 5) is 21.2. The third-order valence-corrected chi connectivity index (χ3v) is 5.23. The lowest BCUT2D eigenvalue weighted by Crippen LogP contribution is -2.48. The molecule has 2 aliphatic rings. The highest BCUT2D eigenvalue weighted by molar-refractivity contribution is 5.81. The van der Waals surface area contributed by atoms with E-state index in [0.717, 1.165) is 50.8 Å². The Morgan fingerprint density at radius 1 is 1.24 bits per heavy atom. The standard InChI is InChI=1S/C19H36N4O2/c1-4-25-18(24)17-9-6-13-23(15-17)19(20-3)21-10-7-12-22-11-5-8-16(2)14-22/h16-17H,4-15H2,1-3H3,(H,20,21). The first-order chi connectivity index (χ1) is 12.1. The molecule has 2 rings (SSSR count). The molecule has 2 fully saturated rings. The number of aliphatic imine (C=N–C) groups is 1. The summed E-state index contributed by atoms with van der Waals surface area (Å²) in [6.45, 7) is 10.9. The SMILES string of the molecule is CCOC(=O)C1CCCN(C(=NC)NCCCN2CCCC(C)C2)C1. The van der Waals surface area contributed by atoms with Crippen molar-refractivity contribution >= 4 is 11.9 Å². The molecule has 0 saturated carbocycles. The molecule has 0 radical (unpaired) electrons. The van der Waals surface area contributed by atoms with Crippen LogP contribution in [-0.4, -0.2) is 74.7 Å². The Bertz CT molecular complexity index is 441. The van der Waals surface area contributed by atoms with E-state index in [4.69, 9.17) is 4.74 Å². The molecule has 0 aliphatic carbocycles. The highest BCUT2D eigenvalue weighted by Gasteiger charge is 2.28. The Morgan fingerprint density at radius 3 is 2.76 bits per heavy atom. The van der Waals surface area contributed by atoms with Crippen LogP contribution in [-0.2, 0) is 9.53 Å². The second kappa shape index (κ2) is 10.6. The van der Waals surface area contributed by atoms with E-state index in [-0.39, 0.29) is 11.9 Å². The van der Waals surface area contributed by atoms with Crippen molar-refractivity contribution in [2.45, 2.75) is 46.0 Å². The lowest BCUT2D eigenvalue weighted by Gasteiger charge is -2.34. The van der Waals surface area contributed by atoms with Crippen LogP contribution < -0.4 is 5.32 Å². The summed E-state index contributed by atoms with van der Waals surface area (Å²) in [5, 5.41) is 3.48. The van der Waals surface area contributed by atoms with Crippen LogP contribution in [0.5, 0.6) is 0 Å². The number of esters is 1. The van der Waals surface area contributed by atoms with Crippen molar-refractivity contribution in [2.75, 3.05) is 52.9 Å². The fourth-order valence-electron chi connectivity index (χ4n) is 3.95. The average Bonchev–Trinajstić information content (AvgIpc) is 2.62. The quantitative estimate of drug-likeness (QED) is 0.343. The van der Waals surface area contributed by atoms with Crippen LogP contribution in [0.25, 0.3) is 0 Å². The lowest BCUT2D eigenvalue weighted by molar-refractivity contribution is -0.149. The number of rotatable bonds is 6. The molecule has 2 saturated heterocycles. The summed E-state index contributed by atoms with van der Waals surface area (Å²) in [6.07, 6.45) is 5.76. The first kappa shape index (κ1) is 20.0. The Morgan fingerprint density at radius 2 is 2.04 bits per heavy atom. The van der Waals surface area contributed by atoms with Crippen molar-refractivity contribution in [1.82, 2.24) is 15.1 Å². The second-order valence-electron chi connectivity index (χ2n) is 7.41. The van der Waals surface area contributed by atoms with Gasteiger partial charge in [-0.05, 0) is 58.0 Å². The van der Waals surface area contributed by atoms with Gasteiger partial charge in [-0.1, -0.05) is 6.92 Å². The van der Waals surface area contributed by atoms with E-state index in [1.807, 2.05) is 14.0 Å². The molecule has 6 heteroatoms. The number of carbonyl (C=O) groups excluding carboxylic acids is 1. The minimum absolute atomic E-state index is 0.0258. The average molecular weight is 353 g/mol. The molecule has 25 heavy (non-hydrogen) atoms. The third-order valence-electron chi connectivity index (χ3n) is 5.23. The maximum atomic E-state index is 12.0. The van der Waals surface area contributed by atoms with E-state index in [9.17, 15) is 4.79 Å². The van der Waals surface area contributed by atoms with Gasteiger partial charge in [0.1, 0.15) is 0 Å². The summed E-state index contributed by atoms with van der Waals surface area (Å²) < 4.78 is 5.19. The van der Waals surface area contributed by atoms with Gasteiger partial charge in [-0.2, -0.15) is 0 Å². The lowest BCUT2D eigenvalue weighted by atomic mass is 9.98. The number of hydrogen-bond donors (Lipinski definition) is 1. The highest BCUT2D eigenvalue weighted by Crippen LogP contribution is 2.18. The zero-order valence-corrected chi connectivity index (χ0v) is 16.3. The fourth-order valence-corrected chi connectivity index (χ4v) is 3.95. The monoisotopic (exact) mass is 352 g/mol. The number of nitrogens with zero attached hydrogens (tertiary/aromatic N) is 3. The first-order valence-corrected chi connectivity index (χ1v) is 9.98. The minimum Gasteiger partial charge on any atom is -0.466 e. The van der Waals surface area contributed by atoms with Gasteiger partial charge in [-0.15, -0.1) is 0 Å². The summed E-state index contributed by atoms with van der Waals surface area (Å²) in [5.74, 6) is 1.66. The number of guanidine groups is 1. The molecule has 144 valence electrons. The molecule has 6 nitrogen and oxygen atoms in total. The molecule has 0 spiro atoms. The van der Waals surface area contributed by atoms with Crippen LogP contribution in [0.3, 0.4) is 0 Å². The van der Waals surface area contributed by atoms with Gasteiger partial charge in [0.2, 0.25) is 0 Å². The molecule has 0 aromatic rings. The molecular formula is C19H36N4O2. The molecule has 0 aromatic carbocycles. The first-order valence-electron chi connectivity index (χ1n) is 9.98. The van der Waals surface area contributed by atoms with E-state index in [1.165, 1.54) is 25.9 Å². The van der Waals surface area contributed by atoms with Crippen LogP contribution in [0.1, 0.15) is 46.0 Å². The zero-order valence-electron chi connectivity index (χ0n) is 16.3. The van der Waals surface area contributed by atoms with Crippen molar-refractivity contribution in [2.24, 2.45) is 16.8 Å². The number of hydrogen-bond acceptors (Lipinski definition) is 4. The summed E-state index contributed by atoms with van der Waals surface area (Å²) >= 11 is 0. The topological polar surface area (TPSA) is 57.2 Å². The largest absolute Gasteiger partial charge is 0.466 e. The molecule has 1 N–H and O–H groups in total. The zero-order chi connectivity index (χ0) is 18.1. The van der Waals surface area contributed by atoms with E-state index >= 15 is 0 Å². The van der Waals surface area contributed by atoms with E-state index < -0.39 is 0 Å². The van der Waals surface area contributed by atoms with Crippen LogP contribution in [0.15, 0.2) is 4.99 Å². The Hall–Kier alpha value is -1.30. The fraction of sp³-hybridized carbons (Fsp3) is 0.895. The van der Waals surface area contributed by atoms with Gasteiger partial charge in [0, 0.05) is 33.2 Å². The van der Waals surface area contributed by atoms with Gasteiger partial charge < -0.3 is 19.9 Å². The van der Waals surface area contributed by atoms with E-state index in [0.29, 0.717) is 13.2 Å². The number of carbonyl (C=O) groups is 1. The van der Waals surface area contributed by atoms with Gasteiger partial charge in [-0.3, -0.25) is 9.79 Å². The van der Waals surface area contributed by atoms with Crippen LogP contribution >= 0.6 is 0 Å². The highest BCUT2D eigenvalue weighted by atomic mass is 16.5. The molecule has 2 unspecified atom stereocenters.